The number of aliphatic carboxylic acids is 1. The average molecular weight is 240 g/mol. The number of carbonyl (C=O) groups excluding carboxylic acids is 2. The van der Waals surface area contributed by atoms with Crippen LogP contribution in [0.25, 0.3) is 0 Å². The van der Waals surface area contributed by atoms with Crippen LogP contribution in [-0.2, 0) is 19.1 Å². The molecule has 94 valence electrons. The van der Waals surface area contributed by atoms with Gasteiger partial charge >= 0.3 is 11.9 Å². The van der Waals surface area contributed by atoms with Gasteiger partial charge in [-0.1, -0.05) is 6.92 Å². The standard InChI is InChI=1S/C12H16O5/c1-7-3-5-9(13)11(12(15)16)8(7)4-6-10(14)17-2/h7H,3-6H2,1-2H3,(H,15,16). The smallest absolute Gasteiger partial charge is 0.339 e. The van der Waals surface area contributed by atoms with E-state index >= 15 is 0 Å². The summed E-state index contributed by atoms with van der Waals surface area (Å²) in [4.78, 5) is 33.6. The minimum Gasteiger partial charge on any atom is -0.478 e. The number of carboxylic acid groups (broad SMARTS) is 1. The van der Waals surface area contributed by atoms with Crippen molar-refractivity contribution in [2.24, 2.45) is 5.92 Å². The Labute approximate surface area is 99.5 Å². The maximum absolute atomic E-state index is 11.6. The first-order chi connectivity index (χ1) is 7.97. The molecule has 0 radical (unpaired) electrons. The molecule has 0 aromatic rings. The van der Waals surface area contributed by atoms with E-state index in [1.54, 1.807) is 0 Å². The van der Waals surface area contributed by atoms with Crippen LogP contribution in [0, 0.1) is 5.92 Å². The molecule has 0 saturated heterocycles. The second-order valence-electron chi connectivity index (χ2n) is 4.14. The van der Waals surface area contributed by atoms with Crippen LogP contribution in [0.1, 0.15) is 32.6 Å². The van der Waals surface area contributed by atoms with Gasteiger partial charge in [0.15, 0.2) is 5.78 Å². The summed E-state index contributed by atoms with van der Waals surface area (Å²) in [6.45, 7) is 1.88. The second kappa shape index (κ2) is 5.61. The van der Waals surface area contributed by atoms with Crippen molar-refractivity contribution in [3.8, 4) is 0 Å². The first kappa shape index (κ1) is 13.4. The predicted molar refractivity (Wildman–Crippen MR) is 59.3 cm³/mol. The Balaban J connectivity index is 2.93. The lowest BCUT2D eigenvalue weighted by Gasteiger charge is -2.23. The third-order valence-electron chi connectivity index (χ3n) is 3.04. The summed E-state index contributed by atoms with van der Waals surface area (Å²) in [6.07, 6.45) is 1.30. The zero-order valence-corrected chi connectivity index (χ0v) is 9.99. The van der Waals surface area contributed by atoms with Crippen LogP contribution in [0.5, 0.6) is 0 Å². The quantitative estimate of drug-likeness (QED) is 0.592. The summed E-state index contributed by atoms with van der Waals surface area (Å²) in [5.74, 6) is -1.90. The number of hydrogen-bond acceptors (Lipinski definition) is 4. The fourth-order valence-electron chi connectivity index (χ4n) is 2.04. The van der Waals surface area contributed by atoms with Gasteiger partial charge in [0.25, 0.3) is 0 Å². The average Bonchev–Trinajstić information content (AvgIpc) is 2.28. The van der Waals surface area contributed by atoms with Crippen LogP contribution in [0.4, 0.5) is 0 Å². The van der Waals surface area contributed by atoms with Gasteiger partial charge in [-0.2, -0.15) is 0 Å². The molecule has 0 aliphatic heterocycles. The molecule has 5 nitrogen and oxygen atoms in total. The van der Waals surface area contributed by atoms with E-state index in [0.717, 1.165) is 0 Å². The number of ether oxygens (including phenoxy) is 1. The van der Waals surface area contributed by atoms with Crippen LogP contribution < -0.4 is 0 Å². The molecule has 0 spiro atoms. The highest BCUT2D eigenvalue weighted by molar-refractivity contribution is 6.17. The number of ketones is 1. The SMILES string of the molecule is COC(=O)CCC1=C(C(=O)O)C(=O)CCC1C. The number of methoxy groups -OCH3 is 1. The molecule has 17 heavy (non-hydrogen) atoms. The Morgan fingerprint density at radius 3 is 2.65 bits per heavy atom. The van der Waals surface area contributed by atoms with Gasteiger partial charge in [0, 0.05) is 12.8 Å². The van der Waals surface area contributed by atoms with Gasteiger partial charge in [0.1, 0.15) is 5.57 Å². The largest absolute Gasteiger partial charge is 0.478 e. The van der Waals surface area contributed by atoms with Crippen LogP contribution in [-0.4, -0.2) is 29.9 Å². The highest BCUT2D eigenvalue weighted by Crippen LogP contribution is 2.31. The summed E-state index contributed by atoms with van der Waals surface area (Å²) in [6, 6.07) is 0. The van der Waals surface area contributed by atoms with Gasteiger partial charge in [0.2, 0.25) is 0 Å². The first-order valence-corrected chi connectivity index (χ1v) is 5.53. The maximum atomic E-state index is 11.6. The molecular formula is C12H16O5. The minimum atomic E-state index is -1.19. The van der Waals surface area contributed by atoms with Crippen LogP contribution in [0.3, 0.4) is 0 Å². The molecule has 0 saturated carbocycles. The Kier molecular flexibility index (Phi) is 4.43. The third-order valence-corrected chi connectivity index (χ3v) is 3.04. The molecule has 1 aliphatic rings. The molecule has 0 amide bonds. The molecule has 0 aromatic heterocycles. The molecule has 1 aliphatic carbocycles. The summed E-state index contributed by atoms with van der Waals surface area (Å²) in [5.41, 5.74) is 0.437. The van der Waals surface area contributed by atoms with Crippen LogP contribution >= 0.6 is 0 Å². The molecule has 1 unspecified atom stereocenters. The van der Waals surface area contributed by atoms with E-state index in [1.807, 2.05) is 6.92 Å². The molecule has 0 bridgehead atoms. The number of rotatable bonds is 4. The molecule has 1 N–H and O–H groups in total. The normalized spacial score (nSPS) is 20.4. The van der Waals surface area contributed by atoms with E-state index in [2.05, 4.69) is 4.74 Å². The fourth-order valence-corrected chi connectivity index (χ4v) is 2.04. The first-order valence-electron chi connectivity index (χ1n) is 5.53. The van der Waals surface area contributed by atoms with E-state index in [9.17, 15) is 14.4 Å². The number of allylic oxidation sites excluding steroid dienone is 1. The molecule has 0 aromatic carbocycles. The summed E-state index contributed by atoms with van der Waals surface area (Å²) < 4.78 is 4.51. The topological polar surface area (TPSA) is 80.7 Å². The highest BCUT2D eigenvalue weighted by atomic mass is 16.5. The molecule has 0 heterocycles. The van der Waals surface area contributed by atoms with Crippen molar-refractivity contribution in [1.29, 1.82) is 0 Å². The lowest BCUT2D eigenvalue weighted by molar-refractivity contribution is -0.141. The van der Waals surface area contributed by atoms with E-state index < -0.39 is 11.9 Å². The monoisotopic (exact) mass is 240 g/mol. The Bertz CT molecular complexity index is 380. The number of carbonyl (C=O) groups is 3. The third kappa shape index (κ3) is 3.15. The van der Waals surface area contributed by atoms with Crippen LogP contribution in [0.15, 0.2) is 11.1 Å². The molecule has 5 heteroatoms. The molecule has 0 fully saturated rings. The lowest BCUT2D eigenvalue weighted by Crippen LogP contribution is -2.23. The zero-order valence-electron chi connectivity index (χ0n) is 9.99. The van der Waals surface area contributed by atoms with Crippen molar-refractivity contribution < 1.29 is 24.2 Å². The minimum absolute atomic E-state index is 0.0310. The fraction of sp³-hybridized carbons (Fsp3) is 0.583. The lowest BCUT2D eigenvalue weighted by atomic mass is 9.81. The predicted octanol–water partition coefficient (Wildman–Crippen LogP) is 1.32. The Morgan fingerprint density at radius 1 is 1.47 bits per heavy atom. The Hall–Kier alpha value is -1.65. The van der Waals surface area contributed by atoms with Crippen LogP contribution in [0.2, 0.25) is 0 Å². The molecule has 1 atom stereocenters. The van der Waals surface area contributed by atoms with Crippen molar-refractivity contribution in [3.63, 3.8) is 0 Å². The number of carboxylic acids is 1. The van der Waals surface area contributed by atoms with Crippen molar-refractivity contribution in [1.82, 2.24) is 0 Å². The number of hydrogen-bond donors (Lipinski definition) is 1. The second-order valence-corrected chi connectivity index (χ2v) is 4.14. The summed E-state index contributed by atoms with van der Waals surface area (Å²) >= 11 is 0. The van der Waals surface area contributed by atoms with Crippen molar-refractivity contribution in [2.75, 3.05) is 7.11 Å². The van der Waals surface area contributed by atoms with Crippen molar-refractivity contribution >= 4 is 17.7 Å². The van der Waals surface area contributed by atoms with Gasteiger partial charge in [-0.05, 0) is 24.3 Å². The van der Waals surface area contributed by atoms with E-state index in [1.165, 1.54) is 7.11 Å². The number of esters is 1. The van der Waals surface area contributed by atoms with Gasteiger partial charge in [0.05, 0.1) is 7.11 Å². The van der Waals surface area contributed by atoms with Gasteiger partial charge in [-0.3, -0.25) is 9.59 Å². The van der Waals surface area contributed by atoms with E-state index in [-0.39, 0.29) is 36.5 Å². The van der Waals surface area contributed by atoms with E-state index in [4.69, 9.17) is 5.11 Å². The summed E-state index contributed by atoms with van der Waals surface area (Å²) in [7, 11) is 1.28. The highest BCUT2D eigenvalue weighted by Gasteiger charge is 2.30. The van der Waals surface area contributed by atoms with Gasteiger partial charge < -0.3 is 9.84 Å². The maximum Gasteiger partial charge on any atom is 0.339 e. The van der Waals surface area contributed by atoms with Crippen molar-refractivity contribution in [3.05, 3.63) is 11.1 Å². The van der Waals surface area contributed by atoms with E-state index in [0.29, 0.717) is 12.0 Å². The number of Topliss-reactive ketones (excluding diaryl/α,β-unsaturated/α-hetero) is 1. The van der Waals surface area contributed by atoms with Crippen molar-refractivity contribution in [2.45, 2.75) is 32.6 Å². The van der Waals surface area contributed by atoms with Gasteiger partial charge in [-0.15, -0.1) is 0 Å². The summed E-state index contributed by atoms with van der Waals surface area (Å²) in [5, 5.41) is 9.02. The molecule has 1 rings (SSSR count). The van der Waals surface area contributed by atoms with Gasteiger partial charge in [-0.25, -0.2) is 4.79 Å². The molecular weight excluding hydrogens is 224 g/mol. The zero-order chi connectivity index (χ0) is 13.0. The Morgan fingerprint density at radius 2 is 2.12 bits per heavy atom.